The van der Waals surface area contributed by atoms with Crippen molar-refractivity contribution in [2.24, 2.45) is 0 Å². The molecule has 0 radical (unpaired) electrons. The van der Waals surface area contributed by atoms with Crippen LogP contribution in [0.15, 0.2) is 60.0 Å². The van der Waals surface area contributed by atoms with E-state index >= 15 is 0 Å². The summed E-state index contributed by atoms with van der Waals surface area (Å²) in [5, 5.41) is 4.81. The fourth-order valence-corrected chi connectivity index (χ4v) is 4.30. The van der Waals surface area contributed by atoms with Gasteiger partial charge in [0.2, 0.25) is 5.91 Å². The van der Waals surface area contributed by atoms with E-state index in [4.69, 9.17) is 9.47 Å². The standard InChI is InChI=1S/C26H30FN3O4S/c1-19-12-15-35-24(19)17-30(16-20-4-6-21(27)7-5-20)25(31)18-29(13-14-33-2)26(32)28-22-8-10-23(34-3)11-9-22/h4-12,15H,13-14,16-18H2,1-3H3,(H,28,32). The van der Waals surface area contributed by atoms with Crippen LogP contribution in [0.25, 0.3) is 0 Å². The van der Waals surface area contributed by atoms with Crippen LogP contribution < -0.4 is 10.1 Å². The Morgan fingerprint density at radius 2 is 1.69 bits per heavy atom. The van der Waals surface area contributed by atoms with Gasteiger partial charge in [-0.2, -0.15) is 0 Å². The molecule has 0 saturated heterocycles. The number of hydrogen-bond donors (Lipinski definition) is 1. The van der Waals surface area contributed by atoms with Crippen molar-refractivity contribution in [3.8, 4) is 5.75 Å². The molecule has 1 heterocycles. The van der Waals surface area contributed by atoms with E-state index in [0.29, 0.717) is 24.5 Å². The highest BCUT2D eigenvalue weighted by molar-refractivity contribution is 7.10. The molecule has 0 saturated carbocycles. The third-order valence-electron chi connectivity index (χ3n) is 5.46. The summed E-state index contributed by atoms with van der Waals surface area (Å²) >= 11 is 1.58. The van der Waals surface area contributed by atoms with Crippen molar-refractivity contribution < 1.29 is 23.5 Å². The maximum atomic E-state index is 13.4. The molecule has 1 N–H and O–H groups in total. The van der Waals surface area contributed by atoms with Gasteiger partial charge in [-0.3, -0.25) is 4.79 Å². The summed E-state index contributed by atoms with van der Waals surface area (Å²) in [5.74, 6) is 0.125. The van der Waals surface area contributed by atoms with Gasteiger partial charge in [0.25, 0.3) is 0 Å². The number of urea groups is 1. The number of carbonyl (C=O) groups is 2. The first kappa shape index (κ1) is 26.2. The Labute approximate surface area is 209 Å². The molecule has 0 fully saturated rings. The summed E-state index contributed by atoms with van der Waals surface area (Å²) in [6.07, 6.45) is 0. The lowest BCUT2D eigenvalue weighted by Crippen LogP contribution is -2.45. The summed E-state index contributed by atoms with van der Waals surface area (Å²) in [7, 11) is 3.11. The third-order valence-corrected chi connectivity index (χ3v) is 6.47. The van der Waals surface area contributed by atoms with Crippen LogP contribution in [0.5, 0.6) is 5.75 Å². The van der Waals surface area contributed by atoms with Crippen LogP contribution in [-0.2, 0) is 22.6 Å². The van der Waals surface area contributed by atoms with E-state index in [0.717, 1.165) is 16.0 Å². The fourth-order valence-electron chi connectivity index (χ4n) is 3.38. The first-order valence-corrected chi connectivity index (χ1v) is 12.0. The molecule has 9 heteroatoms. The number of halogens is 1. The summed E-state index contributed by atoms with van der Waals surface area (Å²) < 4.78 is 23.7. The molecule has 186 valence electrons. The van der Waals surface area contributed by atoms with Crippen LogP contribution in [0.3, 0.4) is 0 Å². The first-order chi connectivity index (χ1) is 16.9. The molecule has 0 unspecified atom stereocenters. The molecule has 0 atom stereocenters. The molecular formula is C26H30FN3O4S. The van der Waals surface area contributed by atoms with E-state index < -0.39 is 6.03 Å². The predicted octanol–water partition coefficient (Wildman–Crippen LogP) is 4.91. The Morgan fingerprint density at radius 1 is 0.971 bits per heavy atom. The molecule has 3 aromatic rings. The van der Waals surface area contributed by atoms with E-state index in [1.165, 1.54) is 17.0 Å². The lowest BCUT2D eigenvalue weighted by atomic mass is 10.2. The number of nitrogens with one attached hydrogen (secondary N) is 1. The van der Waals surface area contributed by atoms with E-state index in [1.54, 1.807) is 66.9 Å². The van der Waals surface area contributed by atoms with Crippen molar-refractivity contribution in [1.82, 2.24) is 9.80 Å². The summed E-state index contributed by atoms with van der Waals surface area (Å²) in [4.78, 5) is 30.6. The van der Waals surface area contributed by atoms with Crippen LogP contribution in [0.4, 0.5) is 14.9 Å². The summed E-state index contributed by atoms with van der Waals surface area (Å²) in [6, 6.07) is 14.6. The Kier molecular flexibility index (Phi) is 9.63. The molecule has 2 aromatic carbocycles. The van der Waals surface area contributed by atoms with E-state index in [-0.39, 0.29) is 31.4 Å². The molecule has 0 aliphatic heterocycles. The number of ether oxygens (including phenoxy) is 2. The average molecular weight is 500 g/mol. The smallest absolute Gasteiger partial charge is 0.322 e. The van der Waals surface area contributed by atoms with E-state index in [2.05, 4.69) is 5.32 Å². The van der Waals surface area contributed by atoms with Crippen molar-refractivity contribution >= 4 is 29.0 Å². The van der Waals surface area contributed by atoms with Gasteiger partial charge in [0.1, 0.15) is 18.1 Å². The van der Waals surface area contributed by atoms with Crippen LogP contribution in [0, 0.1) is 12.7 Å². The Balaban J connectivity index is 1.75. The zero-order valence-electron chi connectivity index (χ0n) is 20.1. The minimum absolute atomic E-state index is 0.128. The predicted molar refractivity (Wildman–Crippen MR) is 135 cm³/mol. The van der Waals surface area contributed by atoms with Gasteiger partial charge in [0.05, 0.1) is 20.3 Å². The van der Waals surface area contributed by atoms with Crippen LogP contribution in [-0.4, -0.2) is 55.7 Å². The van der Waals surface area contributed by atoms with Crippen LogP contribution in [0.1, 0.15) is 16.0 Å². The second kappa shape index (κ2) is 12.9. The van der Waals surface area contributed by atoms with Gasteiger partial charge < -0.3 is 24.6 Å². The van der Waals surface area contributed by atoms with Crippen LogP contribution >= 0.6 is 11.3 Å². The number of nitrogens with zero attached hydrogens (tertiary/aromatic N) is 2. The molecule has 35 heavy (non-hydrogen) atoms. The molecular weight excluding hydrogens is 469 g/mol. The van der Waals surface area contributed by atoms with Gasteiger partial charge in [0, 0.05) is 30.8 Å². The van der Waals surface area contributed by atoms with Gasteiger partial charge in [-0.05, 0) is 65.9 Å². The maximum Gasteiger partial charge on any atom is 0.322 e. The topological polar surface area (TPSA) is 71.1 Å². The molecule has 0 aliphatic carbocycles. The fraction of sp³-hybridized carbons (Fsp3) is 0.308. The SMILES string of the molecule is COCCN(CC(=O)N(Cc1ccc(F)cc1)Cc1sccc1C)C(=O)Nc1ccc(OC)cc1. The molecule has 7 nitrogen and oxygen atoms in total. The van der Waals surface area contributed by atoms with Crippen LogP contribution in [0.2, 0.25) is 0 Å². The molecule has 0 spiro atoms. The zero-order valence-corrected chi connectivity index (χ0v) is 20.9. The van der Waals surface area contributed by atoms with Crippen molar-refractivity contribution in [2.45, 2.75) is 20.0 Å². The Hall–Kier alpha value is -3.43. The second-order valence-electron chi connectivity index (χ2n) is 7.98. The number of benzene rings is 2. The number of amides is 3. The highest BCUT2D eigenvalue weighted by Crippen LogP contribution is 2.20. The van der Waals surface area contributed by atoms with Gasteiger partial charge in [-0.15, -0.1) is 11.3 Å². The number of hydrogen-bond acceptors (Lipinski definition) is 5. The van der Waals surface area contributed by atoms with Gasteiger partial charge in [-0.1, -0.05) is 12.1 Å². The van der Waals surface area contributed by atoms with E-state index in [1.807, 2.05) is 18.4 Å². The van der Waals surface area contributed by atoms with Gasteiger partial charge >= 0.3 is 6.03 Å². The highest BCUT2D eigenvalue weighted by Gasteiger charge is 2.23. The molecule has 0 bridgehead atoms. The first-order valence-electron chi connectivity index (χ1n) is 11.1. The lowest BCUT2D eigenvalue weighted by molar-refractivity contribution is -0.133. The summed E-state index contributed by atoms with van der Waals surface area (Å²) in [5.41, 5.74) is 2.49. The zero-order chi connectivity index (χ0) is 25.2. The number of thiophene rings is 1. The maximum absolute atomic E-state index is 13.4. The third kappa shape index (κ3) is 7.80. The van der Waals surface area contributed by atoms with Crippen molar-refractivity contribution in [3.63, 3.8) is 0 Å². The Bertz CT molecular complexity index is 1100. The molecule has 3 rings (SSSR count). The van der Waals surface area contributed by atoms with E-state index in [9.17, 15) is 14.0 Å². The number of carbonyl (C=O) groups excluding carboxylic acids is 2. The Morgan fingerprint density at radius 3 is 2.29 bits per heavy atom. The molecule has 3 amide bonds. The van der Waals surface area contributed by atoms with Crippen molar-refractivity contribution in [1.29, 1.82) is 0 Å². The monoisotopic (exact) mass is 499 g/mol. The summed E-state index contributed by atoms with van der Waals surface area (Å²) in [6.45, 7) is 3.10. The number of aryl methyl sites for hydroxylation is 1. The number of methoxy groups -OCH3 is 2. The average Bonchev–Trinajstić information content (AvgIpc) is 3.27. The minimum atomic E-state index is -0.408. The largest absolute Gasteiger partial charge is 0.497 e. The minimum Gasteiger partial charge on any atom is -0.497 e. The van der Waals surface area contributed by atoms with Gasteiger partial charge in [-0.25, -0.2) is 9.18 Å². The number of rotatable bonds is 11. The highest BCUT2D eigenvalue weighted by atomic mass is 32.1. The quantitative estimate of drug-likeness (QED) is 0.407. The second-order valence-corrected chi connectivity index (χ2v) is 8.98. The normalized spacial score (nSPS) is 10.6. The number of anilines is 1. The van der Waals surface area contributed by atoms with Crippen molar-refractivity contribution in [3.05, 3.63) is 81.8 Å². The van der Waals surface area contributed by atoms with Crippen molar-refractivity contribution in [2.75, 3.05) is 39.2 Å². The molecule has 1 aromatic heterocycles. The van der Waals surface area contributed by atoms with Gasteiger partial charge in [0.15, 0.2) is 0 Å². The molecule has 0 aliphatic rings. The lowest BCUT2D eigenvalue weighted by Gasteiger charge is -2.28.